The van der Waals surface area contributed by atoms with Crippen LogP contribution >= 0.6 is 0 Å². The van der Waals surface area contributed by atoms with Gasteiger partial charge in [0, 0.05) is 98.8 Å². The van der Waals surface area contributed by atoms with E-state index in [1.54, 1.807) is 61.5 Å². The van der Waals surface area contributed by atoms with Gasteiger partial charge in [-0.25, -0.2) is 53.9 Å². The Morgan fingerprint density at radius 2 is 0.946 bits per heavy atom. The second-order valence-electron chi connectivity index (χ2n) is 24.3. The van der Waals surface area contributed by atoms with Crippen molar-refractivity contribution < 1.29 is 116 Å². The molecule has 32 heteroatoms. The molecular formula is C80H50F10N4O18. The Morgan fingerprint density at radius 1 is 0.491 bits per heavy atom. The molecule has 12 aromatic rings. The van der Waals surface area contributed by atoms with E-state index in [4.69, 9.17) is 19.6 Å². The van der Waals surface area contributed by atoms with Gasteiger partial charge in [-0.3, -0.25) is 43.3 Å². The number of phenols is 2. The first-order chi connectivity index (χ1) is 53.2. The highest BCUT2D eigenvalue weighted by Crippen LogP contribution is 2.38. The summed E-state index contributed by atoms with van der Waals surface area (Å²) in [5, 5.41) is 30.6. The van der Waals surface area contributed by atoms with Crippen LogP contribution in [0.15, 0.2) is 175 Å². The Balaban J connectivity index is 0.000000154. The molecule has 0 saturated heterocycles. The largest absolute Gasteiger partial charge is 0.506 e. The highest BCUT2D eigenvalue weighted by Gasteiger charge is 2.35. The number of nitrogens with two attached hydrogens (primary N) is 1. The average molecular weight is 1550 g/mol. The molecule has 0 aliphatic heterocycles. The zero-order valence-electron chi connectivity index (χ0n) is 58.1. The number of ketones is 5. The second kappa shape index (κ2) is 31.4. The number of hydrogen-bond acceptors (Lipinski definition) is 21. The third-order valence-electron chi connectivity index (χ3n) is 17.1. The van der Waals surface area contributed by atoms with Crippen molar-refractivity contribution in [2.45, 2.75) is 20.8 Å². The number of aromatic hydroxyl groups is 2. The number of esters is 3. The molecule has 0 amide bonds. The van der Waals surface area contributed by atoms with Gasteiger partial charge in [-0.05, 0) is 75.4 Å². The van der Waals surface area contributed by atoms with E-state index >= 15 is 0 Å². The van der Waals surface area contributed by atoms with Gasteiger partial charge in [0.2, 0.25) is 17.0 Å². The van der Waals surface area contributed by atoms with Crippen LogP contribution < -0.4 is 22.0 Å². The predicted molar refractivity (Wildman–Crippen MR) is 382 cm³/mol. The van der Waals surface area contributed by atoms with Gasteiger partial charge >= 0.3 is 17.9 Å². The molecular weight excluding hydrogens is 1490 g/mol. The maximum atomic E-state index is 14.8. The van der Waals surface area contributed by atoms with Gasteiger partial charge in [-0.1, -0.05) is 72.8 Å². The number of aromatic nitrogens is 1. The molecule has 0 fully saturated rings. The van der Waals surface area contributed by atoms with E-state index in [1.807, 2.05) is 0 Å². The van der Waals surface area contributed by atoms with Crippen LogP contribution in [-0.4, -0.2) is 112 Å². The predicted octanol–water partition coefficient (Wildman–Crippen LogP) is 13.3. The fourth-order valence-corrected chi connectivity index (χ4v) is 11.9. The number of carbonyl (C=O) groups is 8. The number of nitrogens with zero attached hydrogens (tertiary/aromatic N) is 3. The third kappa shape index (κ3) is 14.3. The van der Waals surface area contributed by atoms with E-state index in [2.05, 4.69) is 9.73 Å². The van der Waals surface area contributed by atoms with E-state index in [0.29, 0.717) is 23.4 Å². The van der Waals surface area contributed by atoms with Crippen molar-refractivity contribution in [2.24, 2.45) is 4.99 Å². The number of anilines is 1. The molecule has 568 valence electrons. The fourth-order valence-electron chi connectivity index (χ4n) is 11.9. The quantitative estimate of drug-likeness (QED) is 0.00699. The van der Waals surface area contributed by atoms with E-state index < -0.39 is 155 Å². The lowest BCUT2D eigenvalue weighted by Crippen LogP contribution is -2.21. The SMILES string of the molecule is CCOC(=O)/C(=C\N(C)C)C(=O)c1cc(F)c(F)c(F)c1F.CCOC(=O)C(C=Nc1cc2c(cc1O)C(=O)c1ccccc1C2=O)=C(O)c1cc(F)c(F)c(F)c1F.CCOC(=O)c1cn2c3cc4c(=O)c5ccccc5c(=O)c4cc3oc3c(F)c(F)cc(c1=O)c32.Nc1cc2c(cc1O)C(=O)c1ccccc1C2=O. The molecule has 0 unspecified atom stereocenters. The summed E-state index contributed by atoms with van der Waals surface area (Å²) in [6.45, 7) is 4.14. The minimum absolute atomic E-state index is 0.0113. The summed E-state index contributed by atoms with van der Waals surface area (Å²) < 4.78 is 158. The number of pyridine rings is 1. The number of benzene rings is 10. The Kier molecular flexibility index (Phi) is 22.0. The second-order valence-corrected chi connectivity index (χ2v) is 24.3. The topological polar surface area (TPSA) is 335 Å². The van der Waals surface area contributed by atoms with Crippen LogP contribution in [0, 0.1) is 58.2 Å². The first kappa shape index (κ1) is 78.6. The molecule has 14 rings (SSSR count). The number of aliphatic hydroxyl groups is 1. The molecule has 0 bridgehead atoms. The molecule has 0 saturated carbocycles. The minimum atomic E-state index is -2.22. The lowest BCUT2D eigenvalue weighted by Gasteiger charge is -2.18. The maximum Gasteiger partial charge on any atom is 0.343 e. The van der Waals surface area contributed by atoms with Crippen molar-refractivity contribution in [3.63, 3.8) is 0 Å². The van der Waals surface area contributed by atoms with Crippen molar-refractivity contribution in [2.75, 3.05) is 39.6 Å². The maximum absolute atomic E-state index is 14.8. The highest BCUT2D eigenvalue weighted by atomic mass is 19.2. The molecule has 10 aromatic carbocycles. The molecule has 0 radical (unpaired) electrons. The fraction of sp³-hybridized carbons (Fsp3) is 0.100. The molecule has 22 nitrogen and oxygen atoms in total. The monoisotopic (exact) mass is 1540 g/mol. The van der Waals surface area contributed by atoms with Crippen LogP contribution in [0.1, 0.15) is 111 Å². The first-order valence-corrected chi connectivity index (χ1v) is 32.7. The molecule has 2 heterocycles. The van der Waals surface area contributed by atoms with Crippen molar-refractivity contribution >= 4 is 119 Å². The van der Waals surface area contributed by atoms with Crippen molar-refractivity contribution in [3.8, 4) is 11.5 Å². The number of carbonyl (C=O) groups excluding carboxylic acids is 8. The number of Topliss-reactive ketones (excluding diaryl/α,β-unsaturated/α-hetero) is 1. The summed E-state index contributed by atoms with van der Waals surface area (Å²) in [6.07, 6.45) is 2.75. The summed E-state index contributed by atoms with van der Waals surface area (Å²) in [6, 6.07) is 27.3. The van der Waals surface area contributed by atoms with Crippen LogP contribution in [-0.2, 0) is 23.8 Å². The number of halogens is 10. The first-order valence-electron chi connectivity index (χ1n) is 32.7. The number of phenolic OH excluding ortho intramolecular Hbond substituents is 2. The van der Waals surface area contributed by atoms with Crippen molar-refractivity contribution in [1.82, 2.24) is 9.30 Å². The van der Waals surface area contributed by atoms with Gasteiger partial charge in [-0.15, -0.1) is 0 Å². The number of nitrogen functional groups attached to an aromatic ring is 1. The molecule has 2 aliphatic carbocycles. The Hall–Kier alpha value is -14.5. The van der Waals surface area contributed by atoms with E-state index in [0.717, 1.165) is 24.5 Å². The Labute approximate surface area is 620 Å². The number of aliphatic hydroxyl groups excluding tert-OH is 1. The molecule has 112 heavy (non-hydrogen) atoms. The zero-order valence-corrected chi connectivity index (χ0v) is 58.1. The molecule has 2 aliphatic rings. The number of fused-ring (bicyclic) bond motifs is 8. The molecule has 5 N–H and O–H groups in total. The van der Waals surface area contributed by atoms with Crippen LogP contribution in [0.25, 0.3) is 54.9 Å². The van der Waals surface area contributed by atoms with Gasteiger partial charge in [0.25, 0.3) is 0 Å². The van der Waals surface area contributed by atoms with Gasteiger partial charge in [0.1, 0.15) is 45.2 Å². The lowest BCUT2D eigenvalue weighted by molar-refractivity contribution is -0.138. The summed E-state index contributed by atoms with van der Waals surface area (Å²) in [4.78, 5) is 143. The lowest BCUT2D eigenvalue weighted by atomic mass is 9.84. The number of hydrogen-bond donors (Lipinski definition) is 4. The van der Waals surface area contributed by atoms with Gasteiger partial charge in [0.15, 0.2) is 97.5 Å². The van der Waals surface area contributed by atoms with Crippen LogP contribution in [0.3, 0.4) is 0 Å². The molecule has 0 spiro atoms. The summed E-state index contributed by atoms with van der Waals surface area (Å²) >= 11 is 0. The van der Waals surface area contributed by atoms with Crippen LogP contribution in [0.2, 0.25) is 0 Å². The number of aliphatic imine (C=N–C) groups is 1. The van der Waals surface area contributed by atoms with Crippen LogP contribution in [0.4, 0.5) is 55.3 Å². The van der Waals surface area contributed by atoms with Gasteiger partial charge in [-0.2, -0.15) is 4.39 Å². The Bertz CT molecular complexity index is 6370. The average Bonchev–Trinajstić information content (AvgIpc) is 0.711. The van der Waals surface area contributed by atoms with Crippen molar-refractivity contribution in [3.05, 3.63) is 301 Å². The number of rotatable bonds is 12. The smallest absolute Gasteiger partial charge is 0.343 e. The third-order valence-corrected chi connectivity index (χ3v) is 17.1. The minimum Gasteiger partial charge on any atom is -0.506 e. The van der Waals surface area contributed by atoms with Gasteiger partial charge < -0.3 is 49.0 Å². The van der Waals surface area contributed by atoms with E-state index in [1.165, 1.54) is 79.7 Å². The summed E-state index contributed by atoms with van der Waals surface area (Å²) in [7, 11) is 2.93. The van der Waals surface area contributed by atoms with Crippen molar-refractivity contribution in [1.29, 1.82) is 0 Å². The Morgan fingerprint density at radius 3 is 1.46 bits per heavy atom. The van der Waals surface area contributed by atoms with E-state index in [-0.39, 0.29) is 138 Å². The van der Waals surface area contributed by atoms with Crippen LogP contribution in [0.5, 0.6) is 11.5 Å². The van der Waals surface area contributed by atoms with E-state index in [9.17, 15) is 112 Å². The normalized spacial score (nSPS) is 12.4. The standard InChI is InChI=1S/C26H15F4NO6.C26H13F2NO6.C14H13F4NO3.C14H9NO3/c1-2-37-26(36)16(25(35)15-7-17(27)21(29)22(30)20(15)28)10-31-18-8-13-14(9-19(18)32)24(34)12-6-4-3-5-11(12)23(13)33;1-2-34-26(33)16-10-29-18-8-13-14(23(31)12-6-4-3-5-11(12)22(13)30)9-19(18)35-25-20(28)17(27)7-15(21(25)29)24(16)32;1-4-22-14(21)8(6-19(2)3)13(20)7-5-9(15)11(17)12(18)10(7)16;15-11-5-9-10(6-12(11)16)14(18)8-4-2-1-3-7(8)13(9)17/h3-10,32,35H,2H2,1H3;3-10H,2H2,1H3;5-6H,4H2,1-3H3;1-6,16H,15H2/b;;8-6-;. The molecule has 0 atom stereocenters. The molecule has 2 aromatic heterocycles. The van der Waals surface area contributed by atoms with Gasteiger partial charge in [0.05, 0.1) is 47.5 Å². The summed E-state index contributed by atoms with van der Waals surface area (Å²) in [5.41, 5.74) is 0.0330. The highest BCUT2D eigenvalue weighted by molar-refractivity contribution is 6.30. The number of ether oxygens (including phenoxy) is 3. The summed E-state index contributed by atoms with van der Waals surface area (Å²) in [5.74, 6) is -27.0. The zero-order chi connectivity index (χ0) is 81.5.